The Morgan fingerprint density at radius 3 is 2.85 bits per heavy atom. The first-order chi connectivity index (χ1) is 9.74. The summed E-state index contributed by atoms with van der Waals surface area (Å²) in [6.45, 7) is 2.56. The Morgan fingerprint density at radius 2 is 2.20 bits per heavy atom. The predicted octanol–water partition coefficient (Wildman–Crippen LogP) is 1.63. The van der Waals surface area contributed by atoms with E-state index in [0.717, 1.165) is 12.8 Å². The quantitative estimate of drug-likeness (QED) is 0.759. The Balaban J connectivity index is 1.90. The number of nitrogens with one attached hydrogen (secondary N) is 1. The minimum atomic E-state index is -0.121. The number of hydrogen-bond acceptors (Lipinski definition) is 4. The minimum Gasteiger partial charge on any atom is -0.490 e. The fourth-order valence-electron chi connectivity index (χ4n) is 1.89. The van der Waals surface area contributed by atoms with E-state index in [1.165, 1.54) is 0 Å². The smallest absolute Gasteiger partial charge is 0.223 e. The maximum absolute atomic E-state index is 11.6. The summed E-state index contributed by atoms with van der Waals surface area (Å²) < 4.78 is 11.1. The molecule has 2 N–H and O–H groups in total. The van der Waals surface area contributed by atoms with Gasteiger partial charge in [-0.2, -0.15) is 0 Å². The zero-order valence-electron chi connectivity index (χ0n) is 11.7. The maximum Gasteiger partial charge on any atom is 0.223 e. The van der Waals surface area contributed by atoms with E-state index in [1.807, 2.05) is 13.0 Å². The molecule has 1 aliphatic rings. The molecule has 1 aromatic rings. The number of carbonyl (C=O) groups is 1. The van der Waals surface area contributed by atoms with Crippen molar-refractivity contribution in [1.29, 1.82) is 0 Å². The van der Waals surface area contributed by atoms with Gasteiger partial charge < -0.3 is 19.9 Å². The van der Waals surface area contributed by atoms with Gasteiger partial charge in [0.1, 0.15) is 0 Å². The molecule has 0 atom stereocenters. The maximum atomic E-state index is 11.6. The molecular weight excluding hydrogens is 258 g/mol. The lowest BCUT2D eigenvalue weighted by Gasteiger charge is -2.14. The van der Waals surface area contributed by atoms with Crippen molar-refractivity contribution < 1.29 is 19.4 Å². The second-order valence-electron chi connectivity index (χ2n) is 4.78. The van der Waals surface area contributed by atoms with Crippen LogP contribution in [-0.4, -0.2) is 30.3 Å². The van der Waals surface area contributed by atoms with Gasteiger partial charge in [-0.3, -0.25) is 4.79 Å². The number of rotatable bonds is 8. The molecule has 0 unspecified atom stereocenters. The van der Waals surface area contributed by atoms with E-state index in [4.69, 9.17) is 9.47 Å². The van der Waals surface area contributed by atoms with Crippen molar-refractivity contribution in [2.24, 2.45) is 0 Å². The van der Waals surface area contributed by atoms with E-state index in [0.29, 0.717) is 36.1 Å². The number of benzene rings is 1. The third kappa shape index (κ3) is 4.13. The molecule has 1 amide bonds. The van der Waals surface area contributed by atoms with E-state index >= 15 is 0 Å². The van der Waals surface area contributed by atoms with Crippen molar-refractivity contribution in [2.75, 3.05) is 13.2 Å². The van der Waals surface area contributed by atoms with Gasteiger partial charge in [-0.15, -0.1) is 0 Å². The van der Waals surface area contributed by atoms with Gasteiger partial charge in [0.05, 0.1) is 26.2 Å². The average molecular weight is 279 g/mol. The normalized spacial score (nSPS) is 13.9. The Kier molecular flexibility index (Phi) is 5.24. The first kappa shape index (κ1) is 14.7. The summed E-state index contributed by atoms with van der Waals surface area (Å²) >= 11 is 0. The number of aliphatic hydroxyl groups is 1. The molecule has 0 bridgehead atoms. The van der Waals surface area contributed by atoms with Crippen molar-refractivity contribution in [3.05, 3.63) is 23.8 Å². The van der Waals surface area contributed by atoms with Crippen molar-refractivity contribution >= 4 is 5.91 Å². The van der Waals surface area contributed by atoms with Crippen molar-refractivity contribution in [3.63, 3.8) is 0 Å². The summed E-state index contributed by atoms with van der Waals surface area (Å²) in [6, 6.07) is 5.75. The highest BCUT2D eigenvalue weighted by atomic mass is 16.5. The lowest BCUT2D eigenvalue weighted by atomic mass is 10.2. The van der Waals surface area contributed by atoms with Crippen LogP contribution in [0.3, 0.4) is 0 Å². The number of ether oxygens (including phenoxy) is 2. The topological polar surface area (TPSA) is 67.8 Å². The van der Waals surface area contributed by atoms with Gasteiger partial charge in [-0.25, -0.2) is 0 Å². The van der Waals surface area contributed by atoms with Crippen molar-refractivity contribution in [3.8, 4) is 11.5 Å². The molecule has 5 heteroatoms. The van der Waals surface area contributed by atoms with E-state index in [-0.39, 0.29) is 19.1 Å². The van der Waals surface area contributed by atoms with Crippen LogP contribution in [0.5, 0.6) is 11.5 Å². The standard InChI is InChI=1S/C15H21NO4/c1-2-19-13-5-3-4-11(10-17)15(13)20-9-8-14(18)16-12-6-7-12/h3-5,12,17H,2,6-10H2,1H3,(H,16,18). The molecule has 0 radical (unpaired) electrons. The number of amides is 1. The van der Waals surface area contributed by atoms with E-state index in [1.54, 1.807) is 12.1 Å². The fourth-order valence-corrected chi connectivity index (χ4v) is 1.89. The molecular formula is C15H21NO4. The van der Waals surface area contributed by atoms with Gasteiger partial charge in [0, 0.05) is 11.6 Å². The molecule has 0 aliphatic heterocycles. The molecule has 1 aromatic carbocycles. The summed E-state index contributed by atoms with van der Waals surface area (Å²) in [6.07, 6.45) is 2.46. The lowest BCUT2D eigenvalue weighted by molar-refractivity contribution is -0.121. The van der Waals surface area contributed by atoms with Crippen LogP contribution in [0.1, 0.15) is 31.7 Å². The Morgan fingerprint density at radius 1 is 1.40 bits per heavy atom. The van der Waals surface area contributed by atoms with Crippen LogP contribution in [0.4, 0.5) is 0 Å². The summed E-state index contributed by atoms with van der Waals surface area (Å²) in [7, 11) is 0. The van der Waals surface area contributed by atoms with Gasteiger partial charge in [0.2, 0.25) is 5.91 Å². The largest absolute Gasteiger partial charge is 0.490 e. The zero-order chi connectivity index (χ0) is 14.4. The molecule has 0 heterocycles. The molecule has 0 saturated heterocycles. The van der Waals surface area contributed by atoms with Crippen LogP contribution >= 0.6 is 0 Å². The van der Waals surface area contributed by atoms with Crippen LogP contribution in [0.2, 0.25) is 0 Å². The molecule has 0 spiro atoms. The molecule has 1 aliphatic carbocycles. The molecule has 5 nitrogen and oxygen atoms in total. The van der Waals surface area contributed by atoms with Gasteiger partial charge in [0.25, 0.3) is 0 Å². The number of aliphatic hydroxyl groups excluding tert-OH is 1. The number of hydrogen-bond donors (Lipinski definition) is 2. The molecule has 0 aromatic heterocycles. The van der Waals surface area contributed by atoms with Gasteiger partial charge >= 0.3 is 0 Å². The first-order valence-electron chi connectivity index (χ1n) is 7.02. The molecule has 1 fully saturated rings. The Bertz CT molecular complexity index is 457. The lowest BCUT2D eigenvalue weighted by Crippen LogP contribution is -2.26. The Hall–Kier alpha value is -1.75. The SMILES string of the molecule is CCOc1cccc(CO)c1OCCC(=O)NC1CC1. The highest BCUT2D eigenvalue weighted by Crippen LogP contribution is 2.31. The summed E-state index contributed by atoms with van der Waals surface area (Å²) in [5.74, 6) is 1.13. The van der Waals surface area contributed by atoms with Gasteiger partial charge in [-0.1, -0.05) is 12.1 Å². The van der Waals surface area contributed by atoms with Crippen LogP contribution in [0.25, 0.3) is 0 Å². The second-order valence-corrected chi connectivity index (χ2v) is 4.78. The van der Waals surface area contributed by atoms with E-state index in [9.17, 15) is 9.90 Å². The van der Waals surface area contributed by atoms with E-state index < -0.39 is 0 Å². The third-order valence-corrected chi connectivity index (χ3v) is 3.05. The summed E-state index contributed by atoms with van der Waals surface area (Å²) in [5.41, 5.74) is 0.665. The second kappa shape index (κ2) is 7.14. The summed E-state index contributed by atoms with van der Waals surface area (Å²) in [5, 5.41) is 12.2. The molecule has 110 valence electrons. The Labute approximate surface area is 118 Å². The predicted molar refractivity (Wildman–Crippen MR) is 74.8 cm³/mol. The van der Waals surface area contributed by atoms with Crippen molar-refractivity contribution in [2.45, 2.75) is 38.8 Å². The van der Waals surface area contributed by atoms with Crippen LogP contribution in [0.15, 0.2) is 18.2 Å². The van der Waals surface area contributed by atoms with Gasteiger partial charge in [0.15, 0.2) is 11.5 Å². The molecule has 1 saturated carbocycles. The fraction of sp³-hybridized carbons (Fsp3) is 0.533. The average Bonchev–Trinajstić information content (AvgIpc) is 3.24. The van der Waals surface area contributed by atoms with Crippen molar-refractivity contribution in [1.82, 2.24) is 5.32 Å². The third-order valence-electron chi connectivity index (χ3n) is 3.05. The molecule has 2 rings (SSSR count). The van der Waals surface area contributed by atoms with Crippen LogP contribution in [0, 0.1) is 0 Å². The van der Waals surface area contributed by atoms with Gasteiger partial charge in [-0.05, 0) is 25.8 Å². The summed E-state index contributed by atoms with van der Waals surface area (Å²) in [4.78, 5) is 11.6. The number of carbonyl (C=O) groups excluding carboxylic acids is 1. The van der Waals surface area contributed by atoms with E-state index in [2.05, 4.69) is 5.32 Å². The molecule has 20 heavy (non-hydrogen) atoms. The minimum absolute atomic E-state index is 0.00643. The van der Waals surface area contributed by atoms with Crippen LogP contribution < -0.4 is 14.8 Å². The number of para-hydroxylation sites is 1. The highest BCUT2D eigenvalue weighted by Gasteiger charge is 2.23. The first-order valence-corrected chi connectivity index (χ1v) is 7.02. The zero-order valence-corrected chi connectivity index (χ0v) is 11.7. The highest BCUT2D eigenvalue weighted by molar-refractivity contribution is 5.76. The van der Waals surface area contributed by atoms with Crippen LogP contribution in [-0.2, 0) is 11.4 Å². The monoisotopic (exact) mass is 279 g/mol.